The summed E-state index contributed by atoms with van der Waals surface area (Å²) in [6.45, 7) is 14.9. The maximum Gasteiger partial charge on any atom is 0.311 e. The number of para-hydroxylation sites is 1. The molecule has 4 nitrogen and oxygen atoms in total. The van der Waals surface area contributed by atoms with E-state index < -0.39 is 0 Å². The van der Waals surface area contributed by atoms with Gasteiger partial charge in [0.05, 0.1) is 0 Å². The normalized spacial score (nSPS) is 11.8. The molecule has 1 aromatic carbocycles. The first-order valence-electron chi connectivity index (χ1n) is 11.6. The average molecular weight is 419 g/mol. The van der Waals surface area contributed by atoms with Crippen LogP contribution >= 0.6 is 0 Å². The number of carbonyl (C=O) groups excluding carboxylic acids is 2. The van der Waals surface area contributed by atoms with Crippen LogP contribution in [0, 0.1) is 11.8 Å². The van der Waals surface area contributed by atoms with Gasteiger partial charge in [-0.1, -0.05) is 86.3 Å². The number of rotatable bonds is 12. The van der Waals surface area contributed by atoms with Crippen LogP contribution in [-0.4, -0.2) is 11.9 Å². The van der Waals surface area contributed by atoms with Gasteiger partial charge in [-0.3, -0.25) is 9.59 Å². The summed E-state index contributed by atoms with van der Waals surface area (Å²) in [6.07, 6.45) is 6.57. The van der Waals surface area contributed by atoms with Gasteiger partial charge in [0, 0.05) is 18.4 Å². The first kappa shape index (κ1) is 26.2. The summed E-state index contributed by atoms with van der Waals surface area (Å²) in [7, 11) is 0. The Morgan fingerprint density at radius 1 is 0.800 bits per heavy atom. The van der Waals surface area contributed by atoms with Gasteiger partial charge in [-0.25, -0.2) is 0 Å². The zero-order chi connectivity index (χ0) is 22.7. The molecule has 0 heterocycles. The molecule has 30 heavy (non-hydrogen) atoms. The number of carbonyl (C=O) groups is 2. The lowest BCUT2D eigenvalue weighted by Gasteiger charge is -2.23. The SMILES string of the molecule is CC(C)CCCCC(=O)Oc1cccc(C(C)(C)C)c1OC(=O)CCCCC(C)C. The molecule has 0 amide bonds. The third kappa shape index (κ3) is 10.3. The van der Waals surface area contributed by atoms with Crippen LogP contribution in [0.5, 0.6) is 11.5 Å². The van der Waals surface area contributed by atoms with E-state index in [9.17, 15) is 9.59 Å². The van der Waals surface area contributed by atoms with Gasteiger partial charge in [-0.05, 0) is 36.2 Å². The van der Waals surface area contributed by atoms with Gasteiger partial charge in [0.25, 0.3) is 0 Å². The van der Waals surface area contributed by atoms with Crippen LogP contribution in [0.15, 0.2) is 18.2 Å². The molecule has 0 bridgehead atoms. The van der Waals surface area contributed by atoms with E-state index in [1.54, 1.807) is 6.07 Å². The minimum atomic E-state index is -0.279. The molecule has 4 heteroatoms. The predicted octanol–water partition coefficient (Wildman–Crippen LogP) is 7.23. The maximum absolute atomic E-state index is 12.5. The van der Waals surface area contributed by atoms with Gasteiger partial charge in [0.2, 0.25) is 0 Å². The molecule has 170 valence electrons. The summed E-state index contributed by atoms with van der Waals surface area (Å²) in [5.74, 6) is 1.44. The summed E-state index contributed by atoms with van der Waals surface area (Å²) in [5, 5.41) is 0. The molecular weight excluding hydrogens is 376 g/mol. The second kappa shape index (κ2) is 12.8. The van der Waals surface area contributed by atoms with Crippen LogP contribution in [0.2, 0.25) is 0 Å². The Labute approximate surface area is 183 Å². The van der Waals surface area contributed by atoms with Crippen molar-refractivity contribution in [2.45, 2.75) is 105 Å². The molecule has 0 fully saturated rings. The molecule has 0 aliphatic rings. The average Bonchev–Trinajstić information content (AvgIpc) is 2.62. The van der Waals surface area contributed by atoms with Gasteiger partial charge in [-0.15, -0.1) is 0 Å². The first-order chi connectivity index (χ1) is 14.0. The standard InChI is InChI=1S/C26H42O4/c1-19(2)13-8-10-17-23(27)29-22-16-12-15-21(26(5,6)7)25(22)30-24(28)18-11-9-14-20(3)4/h12,15-16,19-20H,8-11,13-14,17-18H2,1-7H3. The van der Waals surface area contributed by atoms with E-state index in [-0.39, 0.29) is 17.4 Å². The zero-order valence-electron chi connectivity index (χ0n) is 20.2. The lowest BCUT2D eigenvalue weighted by molar-refractivity contribution is -0.137. The predicted molar refractivity (Wildman–Crippen MR) is 123 cm³/mol. The van der Waals surface area contributed by atoms with Gasteiger partial charge in [-0.2, -0.15) is 0 Å². The second-order valence-electron chi connectivity index (χ2n) is 10.1. The van der Waals surface area contributed by atoms with E-state index in [0.717, 1.165) is 44.1 Å². The molecule has 0 saturated carbocycles. The van der Waals surface area contributed by atoms with Crippen LogP contribution in [0.4, 0.5) is 0 Å². The molecule has 0 aliphatic carbocycles. The lowest BCUT2D eigenvalue weighted by atomic mass is 9.86. The number of hydrogen-bond donors (Lipinski definition) is 0. The summed E-state index contributed by atoms with van der Waals surface area (Å²) < 4.78 is 11.4. The highest BCUT2D eigenvalue weighted by Gasteiger charge is 2.25. The van der Waals surface area contributed by atoms with Crippen LogP contribution in [0.3, 0.4) is 0 Å². The first-order valence-corrected chi connectivity index (χ1v) is 11.6. The van der Waals surface area contributed by atoms with E-state index in [1.165, 1.54) is 0 Å². The summed E-state index contributed by atoms with van der Waals surface area (Å²) >= 11 is 0. The molecule has 0 radical (unpaired) electrons. The molecule has 0 unspecified atom stereocenters. The number of unbranched alkanes of at least 4 members (excludes halogenated alkanes) is 2. The van der Waals surface area contributed by atoms with Crippen molar-refractivity contribution in [1.82, 2.24) is 0 Å². The largest absolute Gasteiger partial charge is 0.423 e. The molecular formula is C26H42O4. The summed E-state index contributed by atoms with van der Waals surface area (Å²) in [5.41, 5.74) is 0.621. The highest BCUT2D eigenvalue weighted by molar-refractivity contribution is 5.77. The quantitative estimate of drug-likeness (QED) is 0.204. The Morgan fingerprint density at radius 3 is 1.77 bits per heavy atom. The maximum atomic E-state index is 12.5. The molecule has 0 aliphatic heterocycles. The van der Waals surface area contributed by atoms with Crippen LogP contribution in [0.1, 0.15) is 105 Å². The van der Waals surface area contributed by atoms with Crippen molar-refractivity contribution < 1.29 is 19.1 Å². The van der Waals surface area contributed by atoms with Crippen molar-refractivity contribution >= 4 is 11.9 Å². The molecule has 0 N–H and O–H groups in total. The Hall–Kier alpha value is -1.84. The summed E-state index contributed by atoms with van der Waals surface area (Å²) in [4.78, 5) is 24.9. The fourth-order valence-corrected chi connectivity index (χ4v) is 3.27. The van der Waals surface area contributed by atoms with Crippen molar-refractivity contribution in [1.29, 1.82) is 0 Å². The Bertz CT molecular complexity index is 668. The second-order valence-corrected chi connectivity index (χ2v) is 10.1. The lowest BCUT2D eigenvalue weighted by Crippen LogP contribution is -2.18. The minimum Gasteiger partial charge on any atom is -0.423 e. The monoisotopic (exact) mass is 418 g/mol. The van der Waals surface area contributed by atoms with Crippen LogP contribution in [0.25, 0.3) is 0 Å². The van der Waals surface area contributed by atoms with E-state index in [2.05, 4.69) is 48.5 Å². The Kier molecular flexibility index (Phi) is 11.1. The van der Waals surface area contributed by atoms with Crippen molar-refractivity contribution in [2.75, 3.05) is 0 Å². The van der Waals surface area contributed by atoms with Crippen molar-refractivity contribution in [3.05, 3.63) is 23.8 Å². The molecule has 1 aromatic rings. The molecule has 0 aromatic heterocycles. The number of benzene rings is 1. The van der Waals surface area contributed by atoms with E-state index in [1.807, 2.05) is 12.1 Å². The van der Waals surface area contributed by atoms with Gasteiger partial charge >= 0.3 is 11.9 Å². The van der Waals surface area contributed by atoms with Crippen LogP contribution < -0.4 is 9.47 Å². The molecule has 0 saturated heterocycles. The van der Waals surface area contributed by atoms with E-state index in [4.69, 9.17) is 9.47 Å². The van der Waals surface area contributed by atoms with Gasteiger partial charge in [0.15, 0.2) is 11.5 Å². The highest BCUT2D eigenvalue weighted by atomic mass is 16.6. The topological polar surface area (TPSA) is 52.6 Å². The molecule has 0 atom stereocenters. The number of hydrogen-bond acceptors (Lipinski definition) is 4. The number of esters is 2. The van der Waals surface area contributed by atoms with E-state index >= 15 is 0 Å². The smallest absolute Gasteiger partial charge is 0.311 e. The fourth-order valence-electron chi connectivity index (χ4n) is 3.27. The Balaban J connectivity index is 2.84. The van der Waals surface area contributed by atoms with Gasteiger partial charge < -0.3 is 9.47 Å². The zero-order valence-corrected chi connectivity index (χ0v) is 20.2. The Morgan fingerprint density at radius 2 is 1.30 bits per heavy atom. The number of ether oxygens (including phenoxy) is 2. The molecule has 1 rings (SSSR count). The highest BCUT2D eigenvalue weighted by Crippen LogP contribution is 2.39. The van der Waals surface area contributed by atoms with E-state index in [0.29, 0.717) is 36.2 Å². The van der Waals surface area contributed by atoms with Crippen molar-refractivity contribution in [3.63, 3.8) is 0 Å². The summed E-state index contributed by atoms with van der Waals surface area (Å²) in [6, 6.07) is 5.49. The third-order valence-corrected chi connectivity index (χ3v) is 5.05. The minimum absolute atomic E-state index is 0.243. The van der Waals surface area contributed by atoms with Crippen molar-refractivity contribution in [3.8, 4) is 11.5 Å². The fraction of sp³-hybridized carbons (Fsp3) is 0.692. The van der Waals surface area contributed by atoms with Gasteiger partial charge in [0.1, 0.15) is 0 Å². The molecule has 0 spiro atoms. The van der Waals surface area contributed by atoms with Crippen LogP contribution in [-0.2, 0) is 15.0 Å². The third-order valence-electron chi connectivity index (χ3n) is 5.05. The van der Waals surface area contributed by atoms with Crippen molar-refractivity contribution in [2.24, 2.45) is 11.8 Å².